The predicted molar refractivity (Wildman–Crippen MR) is 109 cm³/mol. The number of hydrogen-bond donors (Lipinski definition) is 1. The van der Waals surface area contributed by atoms with E-state index in [1.165, 1.54) is 23.4 Å². The Morgan fingerprint density at radius 3 is 2.46 bits per heavy atom. The second-order valence-corrected chi connectivity index (χ2v) is 7.30. The van der Waals surface area contributed by atoms with Crippen molar-refractivity contribution in [3.8, 4) is 0 Å². The fourth-order valence-corrected chi connectivity index (χ4v) is 3.81. The van der Waals surface area contributed by atoms with Gasteiger partial charge in [0, 0.05) is 12.0 Å². The molecule has 0 atom stereocenters. The summed E-state index contributed by atoms with van der Waals surface area (Å²) in [5, 5.41) is 5.64. The lowest BCUT2D eigenvalue weighted by Gasteiger charge is -2.21. The molecule has 142 valence electrons. The smallest absolute Gasteiger partial charge is 0.305 e. The number of nitrogens with one attached hydrogen (secondary N) is 1. The number of esters is 1. The lowest BCUT2D eigenvalue weighted by molar-refractivity contribution is -0.140. The number of aryl methyl sites for hydroxylation is 1. The molecule has 3 aromatic carbocycles. The summed E-state index contributed by atoms with van der Waals surface area (Å²) in [6.07, 6.45) is 2.60. The van der Waals surface area contributed by atoms with Gasteiger partial charge in [-0.3, -0.25) is 9.59 Å². The summed E-state index contributed by atoms with van der Waals surface area (Å²) in [5.41, 5.74) is 2.34. The zero-order chi connectivity index (χ0) is 19.6. The highest BCUT2D eigenvalue weighted by molar-refractivity contribution is 5.97. The number of ether oxygens (including phenoxy) is 1. The molecule has 0 radical (unpaired) electrons. The zero-order valence-electron chi connectivity index (χ0n) is 15.9. The highest BCUT2D eigenvalue weighted by Gasteiger charge is 2.46. The number of carbonyl (C=O) groups is 2. The van der Waals surface area contributed by atoms with Crippen LogP contribution in [0.5, 0.6) is 0 Å². The topological polar surface area (TPSA) is 55.4 Å². The summed E-state index contributed by atoms with van der Waals surface area (Å²) in [6.45, 7) is 0. The van der Waals surface area contributed by atoms with E-state index in [4.69, 9.17) is 4.74 Å². The standard InChI is InChI=1S/C24H23NO3/c1-28-22(26)14-13-18-8-3-5-11-20(18)23(27)25-24(15-16-24)21-12-6-9-17-7-2-4-10-19(17)21/h2-12H,13-16H2,1H3,(H,25,27). The van der Waals surface area contributed by atoms with Crippen molar-refractivity contribution in [3.63, 3.8) is 0 Å². The largest absolute Gasteiger partial charge is 0.469 e. The second-order valence-electron chi connectivity index (χ2n) is 7.30. The van der Waals surface area contributed by atoms with Crippen LogP contribution in [0.25, 0.3) is 10.8 Å². The van der Waals surface area contributed by atoms with E-state index in [-0.39, 0.29) is 23.8 Å². The predicted octanol–water partition coefficient (Wildman–Crippen LogP) is 4.36. The van der Waals surface area contributed by atoms with Crippen molar-refractivity contribution in [1.29, 1.82) is 0 Å². The van der Waals surface area contributed by atoms with Crippen molar-refractivity contribution in [3.05, 3.63) is 83.4 Å². The van der Waals surface area contributed by atoms with E-state index in [2.05, 4.69) is 29.6 Å². The number of benzene rings is 3. The average molecular weight is 373 g/mol. The van der Waals surface area contributed by atoms with Gasteiger partial charge in [0.05, 0.1) is 12.6 Å². The van der Waals surface area contributed by atoms with Gasteiger partial charge >= 0.3 is 5.97 Å². The molecule has 1 fully saturated rings. The van der Waals surface area contributed by atoms with Crippen molar-refractivity contribution in [2.24, 2.45) is 0 Å². The summed E-state index contributed by atoms with van der Waals surface area (Å²) >= 11 is 0. The lowest BCUT2D eigenvalue weighted by atomic mass is 9.96. The number of carbonyl (C=O) groups excluding carboxylic acids is 2. The summed E-state index contributed by atoms with van der Waals surface area (Å²) in [6, 6.07) is 22.0. The molecule has 1 saturated carbocycles. The minimum absolute atomic E-state index is 0.0918. The monoisotopic (exact) mass is 373 g/mol. The van der Waals surface area contributed by atoms with Crippen LogP contribution in [0.15, 0.2) is 66.7 Å². The molecular weight excluding hydrogens is 350 g/mol. The quantitative estimate of drug-likeness (QED) is 0.653. The minimum atomic E-state index is -0.312. The van der Waals surface area contributed by atoms with Gasteiger partial charge in [0.15, 0.2) is 0 Å². The first kappa shape index (κ1) is 18.2. The first-order valence-corrected chi connectivity index (χ1v) is 9.58. The van der Waals surface area contributed by atoms with Crippen molar-refractivity contribution in [2.75, 3.05) is 7.11 Å². The minimum Gasteiger partial charge on any atom is -0.469 e. The fraction of sp³-hybridized carbons (Fsp3) is 0.250. The fourth-order valence-electron chi connectivity index (χ4n) is 3.81. The van der Waals surface area contributed by atoms with Crippen LogP contribution in [0, 0.1) is 0 Å². The van der Waals surface area contributed by atoms with E-state index in [9.17, 15) is 9.59 Å². The van der Waals surface area contributed by atoms with Crippen molar-refractivity contribution in [1.82, 2.24) is 5.32 Å². The lowest BCUT2D eigenvalue weighted by Crippen LogP contribution is -2.35. The van der Waals surface area contributed by atoms with E-state index in [1.807, 2.05) is 42.5 Å². The third-order valence-electron chi connectivity index (χ3n) is 5.50. The van der Waals surface area contributed by atoms with E-state index in [0.29, 0.717) is 12.0 Å². The van der Waals surface area contributed by atoms with Gasteiger partial charge in [-0.1, -0.05) is 60.7 Å². The molecule has 1 aliphatic rings. The molecule has 3 aromatic rings. The van der Waals surface area contributed by atoms with Crippen molar-refractivity contribution >= 4 is 22.6 Å². The maximum atomic E-state index is 13.1. The van der Waals surface area contributed by atoms with Crippen LogP contribution in [0.1, 0.15) is 40.7 Å². The van der Waals surface area contributed by atoms with Crippen LogP contribution in [-0.4, -0.2) is 19.0 Å². The molecule has 28 heavy (non-hydrogen) atoms. The second kappa shape index (κ2) is 7.47. The number of hydrogen-bond acceptors (Lipinski definition) is 3. The zero-order valence-corrected chi connectivity index (χ0v) is 15.9. The number of methoxy groups -OCH3 is 1. The Morgan fingerprint density at radius 2 is 1.68 bits per heavy atom. The summed E-state index contributed by atoms with van der Waals surface area (Å²) in [4.78, 5) is 24.6. The third kappa shape index (κ3) is 3.50. The van der Waals surface area contributed by atoms with E-state index in [1.54, 1.807) is 0 Å². The number of amides is 1. The van der Waals surface area contributed by atoms with Crippen molar-refractivity contribution < 1.29 is 14.3 Å². The molecule has 1 N–H and O–H groups in total. The van der Waals surface area contributed by atoms with Crippen LogP contribution in [0.2, 0.25) is 0 Å². The molecule has 0 aromatic heterocycles. The van der Waals surface area contributed by atoms with Gasteiger partial charge in [-0.25, -0.2) is 0 Å². The molecule has 0 aliphatic heterocycles. The highest BCUT2D eigenvalue weighted by Crippen LogP contribution is 2.48. The first-order chi connectivity index (χ1) is 13.6. The molecule has 4 heteroatoms. The van der Waals surface area contributed by atoms with Gasteiger partial charge in [-0.15, -0.1) is 0 Å². The van der Waals surface area contributed by atoms with Crippen molar-refractivity contribution in [2.45, 2.75) is 31.2 Å². The molecule has 4 nitrogen and oxygen atoms in total. The Balaban J connectivity index is 1.60. The molecule has 0 bridgehead atoms. The summed E-state index contributed by atoms with van der Waals surface area (Å²) in [5.74, 6) is -0.365. The molecule has 1 aliphatic carbocycles. The van der Waals surface area contributed by atoms with Gasteiger partial charge < -0.3 is 10.1 Å². The van der Waals surface area contributed by atoms with Gasteiger partial charge in [-0.05, 0) is 47.2 Å². The molecular formula is C24H23NO3. The van der Waals surface area contributed by atoms with Crippen LogP contribution in [0.3, 0.4) is 0 Å². The maximum absolute atomic E-state index is 13.1. The van der Waals surface area contributed by atoms with Crippen LogP contribution in [0.4, 0.5) is 0 Å². The highest BCUT2D eigenvalue weighted by atomic mass is 16.5. The Hall–Kier alpha value is -3.14. The van der Waals surface area contributed by atoms with Gasteiger partial charge in [-0.2, -0.15) is 0 Å². The van der Waals surface area contributed by atoms with Crippen LogP contribution in [-0.2, 0) is 21.5 Å². The van der Waals surface area contributed by atoms with Gasteiger partial charge in [0.25, 0.3) is 5.91 Å². The summed E-state index contributed by atoms with van der Waals surface area (Å²) in [7, 11) is 1.38. The average Bonchev–Trinajstić information content (AvgIpc) is 3.52. The molecule has 0 spiro atoms. The first-order valence-electron chi connectivity index (χ1n) is 9.58. The molecule has 0 heterocycles. The SMILES string of the molecule is COC(=O)CCc1ccccc1C(=O)NC1(c2cccc3ccccc23)CC1. The number of fused-ring (bicyclic) bond motifs is 1. The Kier molecular flexibility index (Phi) is 4.86. The van der Waals surface area contributed by atoms with E-state index < -0.39 is 0 Å². The summed E-state index contributed by atoms with van der Waals surface area (Å²) < 4.78 is 4.72. The molecule has 1 amide bonds. The molecule has 0 saturated heterocycles. The molecule has 0 unspecified atom stereocenters. The van der Waals surface area contributed by atoms with Crippen LogP contribution < -0.4 is 5.32 Å². The van der Waals surface area contributed by atoms with Crippen LogP contribution >= 0.6 is 0 Å². The van der Waals surface area contributed by atoms with E-state index >= 15 is 0 Å². The van der Waals surface area contributed by atoms with Gasteiger partial charge in [0.2, 0.25) is 0 Å². The Morgan fingerprint density at radius 1 is 0.964 bits per heavy atom. The number of rotatable bonds is 6. The third-order valence-corrected chi connectivity index (χ3v) is 5.50. The molecule has 4 rings (SSSR count). The van der Waals surface area contributed by atoms with E-state index in [0.717, 1.165) is 18.4 Å². The normalized spacial score (nSPS) is 14.5. The maximum Gasteiger partial charge on any atom is 0.305 e. The Bertz CT molecular complexity index is 1030. The van der Waals surface area contributed by atoms with Gasteiger partial charge in [0.1, 0.15) is 0 Å². The Labute approximate surface area is 164 Å².